The van der Waals surface area contributed by atoms with Crippen molar-refractivity contribution in [3.05, 3.63) is 47.7 Å². The maximum atomic E-state index is 12.1. The topological polar surface area (TPSA) is 76.0 Å². The highest BCUT2D eigenvalue weighted by Crippen LogP contribution is 2.11. The van der Waals surface area contributed by atoms with Crippen LogP contribution in [0.25, 0.3) is 0 Å². The van der Waals surface area contributed by atoms with E-state index in [-0.39, 0.29) is 17.5 Å². The zero-order chi connectivity index (χ0) is 16.1. The first-order valence-corrected chi connectivity index (χ1v) is 7.16. The second kappa shape index (κ2) is 6.89. The zero-order valence-electron chi connectivity index (χ0n) is 13.0. The summed E-state index contributed by atoms with van der Waals surface area (Å²) in [5, 5.41) is 9.67. The molecule has 0 saturated heterocycles. The van der Waals surface area contributed by atoms with Gasteiger partial charge in [0, 0.05) is 25.2 Å². The Morgan fingerprint density at radius 2 is 1.86 bits per heavy atom. The van der Waals surface area contributed by atoms with E-state index in [0.29, 0.717) is 23.8 Å². The second-order valence-corrected chi connectivity index (χ2v) is 5.46. The Morgan fingerprint density at radius 1 is 1.18 bits per heavy atom. The first kappa shape index (κ1) is 15.8. The van der Waals surface area contributed by atoms with E-state index in [1.54, 1.807) is 37.4 Å². The van der Waals surface area contributed by atoms with Crippen LogP contribution in [0.5, 0.6) is 0 Å². The largest absolute Gasteiger partial charge is 0.350 e. The molecule has 6 nitrogen and oxygen atoms in total. The number of carbonyl (C=O) groups is 2. The predicted octanol–water partition coefficient (Wildman–Crippen LogP) is 2.06. The number of aromatic nitrogens is 2. The minimum Gasteiger partial charge on any atom is -0.350 e. The number of hydrogen-bond acceptors (Lipinski definition) is 3. The van der Waals surface area contributed by atoms with Crippen molar-refractivity contribution < 1.29 is 9.59 Å². The summed E-state index contributed by atoms with van der Waals surface area (Å²) in [7, 11) is 1.68. The Balaban J connectivity index is 2.07. The minimum atomic E-state index is -0.246. The number of nitrogens with one attached hydrogen (secondary N) is 2. The smallest absolute Gasteiger partial charge is 0.271 e. The molecule has 2 rings (SSSR count). The molecule has 6 heteroatoms. The number of rotatable bonds is 5. The van der Waals surface area contributed by atoms with Gasteiger partial charge in [-0.3, -0.25) is 14.3 Å². The van der Waals surface area contributed by atoms with Crippen molar-refractivity contribution in [3.8, 4) is 0 Å². The van der Waals surface area contributed by atoms with E-state index in [1.165, 1.54) is 4.68 Å². The standard InChI is InChI=1S/C16H20N4O2/c1-11(2)10-17-16(22)13-9-14(20(3)19-13)18-15(21)12-7-5-4-6-8-12/h4-9,11H,10H2,1-3H3,(H,17,22)(H,18,21). The molecular weight excluding hydrogens is 280 g/mol. The zero-order valence-corrected chi connectivity index (χ0v) is 13.0. The summed E-state index contributed by atoms with van der Waals surface area (Å²) in [4.78, 5) is 24.1. The molecule has 0 aliphatic rings. The lowest BCUT2D eigenvalue weighted by molar-refractivity contribution is 0.0942. The van der Waals surface area contributed by atoms with Crippen LogP contribution in [-0.4, -0.2) is 28.1 Å². The van der Waals surface area contributed by atoms with Crippen LogP contribution in [0.2, 0.25) is 0 Å². The summed E-state index contributed by atoms with van der Waals surface area (Å²) in [5.74, 6) is 0.357. The molecule has 0 radical (unpaired) electrons. The second-order valence-electron chi connectivity index (χ2n) is 5.46. The van der Waals surface area contributed by atoms with E-state index in [0.717, 1.165) is 0 Å². The number of nitrogens with zero attached hydrogens (tertiary/aromatic N) is 2. The van der Waals surface area contributed by atoms with Gasteiger partial charge in [0.2, 0.25) is 0 Å². The molecule has 1 heterocycles. The third-order valence-electron chi connectivity index (χ3n) is 3.06. The summed E-state index contributed by atoms with van der Waals surface area (Å²) in [5.41, 5.74) is 0.834. The molecule has 0 atom stereocenters. The quantitative estimate of drug-likeness (QED) is 0.887. The fourth-order valence-corrected chi connectivity index (χ4v) is 1.86. The van der Waals surface area contributed by atoms with Crippen molar-refractivity contribution in [2.24, 2.45) is 13.0 Å². The lowest BCUT2D eigenvalue weighted by Crippen LogP contribution is -2.27. The van der Waals surface area contributed by atoms with Crippen LogP contribution in [0.15, 0.2) is 36.4 Å². The molecule has 0 bridgehead atoms. The van der Waals surface area contributed by atoms with Crippen molar-refractivity contribution in [3.63, 3.8) is 0 Å². The lowest BCUT2D eigenvalue weighted by atomic mass is 10.2. The number of carbonyl (C=O) groups excluding carboxylic acids is 2. The molecule has 0 aliphatic heterocycles. The summed E-state index contributed by atoms with van der Waals surface area (Å²) in [6, 6.07) is 10.4. The van der Waals surface area contributed by atoms with Gasteiger partial charge in [-0.05, 0) is 18.1 Å². The Morgan fingerprint density at radius 3 is 2.50 bits per heavy atom. The van der Waals surface area contributed by atoms with Crippen molar-refractivity contribution >= 4 is 17.6 Å². The van der Waals surface area contributed by atoms with E-state index in [9.17, 15) is 9.59 Å². The average Bonchev–Trinajstić information content (AvgIpc) is 2.86. The first-order chi connectivity index (χ1) is 10.5. The third-order valence-corrected chi connectivity index (χ3v) is 3.06. The maximum absolute atomic E-state index is 12.1. The van der Waals surface area contributed by atoms with Crippen LogP contribution < -0.4 is 10.6 Å². The van der Waals surface area contributed by atoms with Gasteiger partial charge in [-0.2, -0.15) is 5.10 Å². The highest BCUT2D eigenvalue weighted by atomic mass is 16.2. The van der Waals surface area contributed by atoms with Gasteiger partial charge in [0.25, 0.3) is 11.8 Å². The number of amides is 2. The number of hydrogen-bond donors (Lipinski definition) is 2. The van der Waals surface area contributed by atoms with Gasteiger partial charge in [-0.1, -0.05) is 32.0 Å². The van der Waals surface area contributed by atoms with Crippen molar-refractivity contribution in [1.82, 2.24) is 15.1 Å². The summed E-state index contributed by atoms with van der Waals surface area (Å²) in [6.45, 7) is 4.62. The maximum Gasteiger partial charge on any atom is 0.271 e. The Hall–Kier alpha value is -2.63. The fourth-order valence-electron chi connectivity index (χ4n) is 1.86. The average molecular weight is 300 g/mol. The van der Waals surface area contributed by atoms with E-state index in [2.05, 4.69) is 15.7 Å². The Bertz CT molecular complexity index is 662. The van der Waals surface area contributed by atoms with Gasteiger partial charge in [-0.25, -0.2) is 0 Å². The third kappa shape index (κ3) is 3.94. The van der Waals surface area contributed by atoms with Gasteiger partial charge in [0.1, 0.15) is 5.82 Å². The van der Waals surface area contributed by atoms with Crippen molar-refractivity contribution in [1.29, 1.82) is 0 Å². The summed E-state index contributed by atoms with van der Waals surface area (Å²) in [6.07, 6.45) is 0. The minimum absolute atomic E-state index is 0.238. The van der Waals surface area contributed by atoms with E-state index < -0.39 is 0 Å². The van der Waals surface area contributed by atoms with Gasteiger partial charge < -0.3 is 10.6 Å². The molecule has 2 N–H and O–H groups in total. The normalized spacial score (nSPS) is 10.5. The molecule has 0 saturated carbocycles. The van der Waals surface area contributed by atoms with Crippen LogP contribution >= 0.6 is 0 Å². The van der Waals surface area contributed by atoms with Gasteiger partial charge in [0.05, 0.1) is 0 Å². The lowest BCUT2D eigenvalue weighted by Gasteiger charge is -2.04. The van der Waals surface area contributed by atoms with Crippen LogP contribution in [0.3, 0.4) is 0 Å². The predicted molar refractivity (Wildman–Crippen MR) is 84.8 cm³/mol. The Labute approximate surface area is 129 Å². The van der Waals surface area contributed by atoms with Gasteiger partial charge in [0.15, 0.2) is 5.69 Å². The monoisotopic (exact) mass is 300 g/mol. The highest BCUT2D eigenvalue weighted by molar-refractivity contribution is 6.04. The molecule has 22 heavy (non-hydrogen) atoms. The van der Waals surface area contributed by atoms with E-state index in [1.807, 2.05) is 19.9 Å². The molecule has 0 unspecified atom stereocenters. The molecule has 0 spiro atoms. The van der Waals surface area contributed by atoms with Crippen molar-refractivity contribution in [2.75, 3.05) is 11.9 Å². The van der Waals surface area contributed by atoms with Crippen LogP contribution in [0, 0.1) is 5.92 Å². The molecule has 2 aromatic rings. The molecule has 116 valence electrons. The molecule has 1 aromatic heterocycles. The number of anilines is 1. The van der Waals surface area contributed by atoms with Gasteiger partial charge >= 0.3 is 0 Å². The fraction of sp³-hybridized carbons (Fsp3) is 0.312. The van der Waals surface area contributed by atoms with E-state index in [4.69, 9.17) is 0 Å². The molecule has 0 aliphatic carbocycles. The SMILES string of the molecule is CC(C)CNC(=O)c1cc(NC(=O)c2ccccc2)n(C)n1. The summed E-state index contributed by atoms with van der Waals surface area (Å²) >= 11 is 0. The number of aryl methyl sites for hydroxylation is 1. The molecule has 2 amide bonds. The van der Waals surface area contributed by atoms with Crippen LogP contribution in [-0.2, 0) is 7.05 Å². The van der Waals surface area contributed by atoms with Crippen LogP contribution in [0.1, 0.15) is 34.7 Å². The first-order valence-electron chi connectivity index (χ1n) is 7.16. The molecular formula is C16H20N4O2. The molecule has 1 aromatic carbocycles. The number of benzene rings is 1. The van der Waals surface area contributed by atoms with Crippen molar-refractivity contribution in [2.45, 2.75) is 13.8 Å². The summed E-state index contributed by atoms with van der Waals surface area (Å²) < 4.78 is 1.48. The van der Waals surface area contributed by atoms with E-state index >= 15 is 0 Å². The highest BCUT2D eigenvalue weighted by Gasteiger charge is 2.15. The Kier molecular flexibility index (Phi) is 4.93. The molecule has 0 fully saturated rings. The van der Waals surface area contributed by atoms with Crippen LogP contribution in [0.4, 0.5) is 5.82 Å². The van der Waals surface area contributed by atoms with Gasteiger partial charge in [-0.15, -0.1) is 0 Å².